The molecule has 0 saturated carbocycles. The van der Waals surface area contributed by atoms with Gasteiger partial charge in [0.15, 0.2) is 16.3 Å². The Labute approximate surface area is 274 Å². The largest absolute Gasteiger partial charge is 0.497 e. The van der Waals surface area contributed by atoms with E-state index in [1.807, 2.05) is 60.7 Å². The molecule has 234 valence electrons. The van der Waals surface area contributed by atoms with E-state index in [1.54, 1.807) is 68.2 Å². The van der Waals surface area contributed by atoms with Crippen LogP contribution in [0.4, 0.5) is 5.69 Å². The number of fused-ring (bicyclic) bond motifs is 1. The monoisotopic (exact) mass is 642 g/mol. The van der Waals surface area contributed by atoms with Gasteiger partial charge in [0.05, 0.1) is 47.7 Å². The average Bonchev–Trinajstić information content (AvgIpc) is 3.40. The van der Waals surface area contributed by atoms with Crippen LogP contribution in [0.5, 0.6) is 17.2 Å². The Bertz CT molecular complexity index is 2210. The maximum Gasteiger partial charge on any atom is 0.271 e. The zero-order valence-corrected chi connectivity index (χ0v) is 26.7. The number of anilines is 1. The van der Waals surface area contributed by atoms with Crippen LogP contribution in [0.2, 0.25) is 0 Å². The highest BCUT2D eigenvalue weighted by Crippen LogP contribution is 2.33. The van der Waals surface area contributed by atoms with Crippen LogP contribution in [0.15, 0.2) is 118 Å². The Kier molecular flexibility index (Phi) is 9.00. The molecule has 0 unspecified atom stereocenters. The molecule has 0 spiro atoms. The quantitative estimate of drug-likeness (QED) is 0.232. The number of amides is 1. The molecule has 1 atom stereocenters. The van der Waals surface area contributed by atoms with Gasteiger partial charge in [0.1, 0.15) is 12.4 Å². The summed E-state index contributed by atoms with van der Waals surface area (Å²) >= 11 is 1.25. The van der Waals surface area contributed by atoms with E-state index >= 15 is 0 Å². The molecule has 6 rings (SSSR count). The second-order valence-electron chi connectivity index (χ2n) is 10.7. The number of nitrogens with one attached hydrogen (secondary N) is 1. The predicted octanol–water partition coefficient (Wildman–Crippen LogP) is 5.34. The van der Waals surface area contributed by atoms with Gasteiger partial charge in [-0.25, -0.2) is 4.99 Å². The molecule has 5 aromatic rings. The molecule has 1 N–H and O–H groups in total. The summed E-state index contributed by atoms with van der Waals surface area (Å²) in [6.45, 7) is 2.08. The summed E-state index contributed by atoms with van der Waals surface area (Å²) in [6, 6.07) is 30.5. The average molecular weight is 643 g/mol. The number of hydrogen-bond acceptors (Lipinski definition) is 8. The van der Waals surface area contributed by atoms with Crippen LogP contribution in [0.25, 0.3) is 6.08 Å². The fourth-order valence-electron chi connectivity index (χ4n) is 5.34. The zero-order chi connectivity index (χ0) is 32.9. The highest BCUT2D eigenvalue weighted by molar-refractivity contribution is 7.07. The first-order chi connectivity index (χ1) is 22.9. The van der Waals surface area contributed by atoms with Crippen molar-refractivity contribution in [2.75, 3.05) is 19.5 Å². The lowest BCUT2D eigenvalue weighted by atomic mass is 9.95. The van der Waals surface area contributed by atoms with Crippen molar-refractivity contribution in [3.8, 4) is 23.3 Å². The maximum atomic E-state index is 14.1. The Hall–Kier alpha value is -5.92. The molecule has 1 aliphatic heterocycles. The van der Waals surface area contributed by atoms with E-state index in [-0.39, 0.29) is 11.5 Å². The molecule has 0 bridgehead atoms. The van der Waals surface area contributed by atoms with Gasteiger partial charge in [0.25, 0.3) is 11.5 Å². The van der Waals surface area contributed by atoms with Crippen LogP contribution in [0, 0.1) is 11.3 Å². The van der Waals surface area contributed by atoms with Crippen molar-refractivity contribution in [1.82, 2.24) is 4.57 Å². The van der Waals surface area contributed by atoms with Gasteiger partial charge >= 0.3 is 0 Å². The molecule has 0 aliphatic carbocycles. The molecule has 2 heterocycles. The van der Waals surface area contributed by atoms with E-state index in [1.165, 1.54) is 11.3 Å². The minimum atomic E-state index is -0.736. The van der Waals surface area contributed by atoms with E-state index in [0.717, 1.165) is 16.7 Å². The number of nitrogens with zero attached hydrogens (tertiary/aromatic N) is 3. The SMILES string of the molecule is COc1cccc([C@@H]2C(C(=O)Nc3ccccc3)=C(C)N=c3s/c(=C\c4ccc(OCc5ccc(C#N)cc5)c(OC)c4)c(=O)n32)c1. The maximum absolute atomic E-state index is 14.1. The van der Waals surface area contributed by atoms with Gasteiger partial charge in [-0.15, -0.1) is 0 Å². The third kappa shape index (κ3) is 6.57. The normalized spacial score (nSPS) is 14.1. The topological polar surface area (TPSA) is 115 Å². The summed E-state index contributed by atoms with van der Waals surface area (Å²) in [6.07, 6.45) is 1.78. The van der Waals surface area contributed by atoms with Crippen LogP contribution in [0.3, 0.4) is 0 Å². The number of hydrogen-bond donors (Lipinski definition) is 1. The molecule has 1 aliphatic rings. The van der Waals surface area contributed by atoms with Gasteiger partial charge in [-0.1, -0.05) is 59.9 Å². The summed E-state index contributed by atoms with van der Waals surface area (Å²) in [5.41, 5.74) is 4.18. The predicted molar refractivity (Wildman–Crippen MR) is 180 cm³/mol. The standard InChI is InChI=1S/C37H30N4O5S/c1-23-33(35(42)40-28-9-5-4-6-10-28)34(27-8-7-11-29(20-27)44-2)41-36(43)32(47-37(41)39-23)19-26-16-17-30(31(18-26)45-3)46-22-25-14-12-24(21-38)13-15-25/h4-20,34H,22H2,1-3H3,(H,40,42)/b32-19-/t34-/m1/s1. The van der Waals surface area contributed by atoms with Gasteiger partial charge in [-0.2, -0.15) is 5.26 Å². The first kappa shape index (κ1) is 31.1. The Balaban J connectivity index is 1.37. The first-order valence-corrected chi connectivity index (χ1v) is 15.5. The van der Waals surface area contributed by atoms with Crippen molar-refractivity contribution in [3.05, 3.63) is 150 Å². The van der Waals surface area contributed by atoms with Crippen LogP contribution in [-0.2, 0) is 11.4 Å². The third-order valence-corrected chi connectivity index (χ3v) is 8.65. The van der Waals surface area contributed by atoms with Gasteiger partial charge in [0, 0.05) is 5.69 Å². The number of methoxy groups -OCH3 is 2. The van der Waals surface area contributed by atoms with Crippen molar-refractivity contribution < 1.29 is 19.0 Å². The summed E-state index contributed by atoms with van der Waals surface area (Å²) in [5.74, 6) is 1.31. The van der Waals surface area contributed by atoms with Gasteiger partial charge in [0.2, 0.25) is 0 Å². The number of rotatable bonds is 9. The number of ether oxygens (including phenoxy) is 3. The lowest BCUT2D eigenvalue weighted by Crippen LogP contribution is -2.40. The number of nitriles is 1. The van der Waals surface area contributed by atoms with E-state index < -0.39 is 6.04 Å². The number of benzene rings is 4. The molecule has 4 aromatic carbocycles. The third-order valence-electron chi connectivity index (χ3n) is 7.67. The second kappa shape index (κ2) is 13.6. The highest BCUT2D eigenvalue weighted by atomic mass is 32.1. The molecule has 0 radical (unpaired) electrons. The molecule has 0 saturated heterocycles. The van der Waals surface area contributed by atoms with Crippen LogP contribution >= 0.6 is 11.3 Å². The summed E-state index contributed by atoms with van der Waals surface area (Å²) in [7, 11) is 3.13. The molecule has 10 heteroatoms. The van der Waals surface area contributed by atoms with Crippen molar-refractivity contribution >= 4 is 29.0 Å². The Morgan fingerprint density at radius 2 is 1.77 bits per heavy atom. The van der Waals surface area contributed by atoms with Gasteiger partial charge in [-0.05, 0) is 78.2 Å². The molecule has 1 amide bonds. The van der Waals surface area contributed by atoms with E-state index in [0.29, 0.717) is 55.7 Å². The number of allylic oxidation sites excluding steroid dienone is 1. The Morgan fingerprint density at radius 3 is 2.49 bits per heavy atom. The zero-order valence-electron chi connectivity index (χ0n) is 25.9. The lowest BCUT2D eigenvalue weighted by Gasteiger charge is -2.25. The Morgan fingerprint density at radius 1 is 0.979 bits per heavy atom. The van der Waals surface area contributed by atoms with Crippen molar-refractivity contribution in [2.45, 2.75) is 19.6 Å². The minimum Gasteiger partial charge on any atom is -0.497 e. The summed E-state index contributed by atoms with van der Waals surface area (Å²) in [5, 5.41) is 12.0. The number of para-hydroxylation sites is 1. The lowest BCUT2D eigenvalue weighted by molar-refractivity contribution is -0.113. The second-order valence-corrected chi connectivity index (χ2v) is 11.7. The molecule has 9 nitrogen and oxygen atoms in total. The molecular formula is C37H30N4O5S. The number of thiazole rings is 1. The number of carbonyl (C=O) groups excluding carboxylic acids is 1. The van der Waals surface area contributed by atoms with Gasteiger partial charge in [-0.3, -0.25) is 14.2 Å². The fraction of sp³-hybridized carbons (Fsp3) is 0.135. The van der Waals surface area contributed by atoms with E-state index in [4.69, 9.17) is 24.5 Å². The van der Waals surface area contributed by atoms with E-state index in [2.05, 4.69) is 11.4 Å². The first-order valence-electron chi connectivity index (χ1n) is 14.7. The van der Waals surface area contributed by atoms with Crippen molar-refractivity contribution in [1.29, 1.82) is 5.26 Å². The van der Waals surface area contributed by atoms with Crippen LogP contribution in [0.1, 0.15) is 35.2 Å². The van der Waals surface area contributed by atoms with Crippen LogP contribution < -0.4 is 34.4 Å². The molecule has 1 aromatic heterocycles. The number of carbonyl (C=O) groups is 1. The van der Waals surface area contributed by atoms with Crippen molar-refractivity contribution in [2.24, 2.45) is 4.99 Å². The smallest absolute Gasteiger partial charge is 0.271 e. The summed E-state index contributed by atoms with van der Waals surface area (Å²) < 4.78 is 19.1. The molecule has 47 heavy (non-hydrogen) atoms. The number of aromatic nitrogens is 1. The van der Waals surface area contributed by atoms with Crippen LogP contribution in [-0.4, -0.2) is 24.7 Å². The minimum absolute atomic E-state index is 0.279. The van der Waals surface area contributed by atoms with Crippen molar-refractivity contribution in [3.63, 3.8) is 0 Å². The van der Waals surface area contributed by atoms with Gasteiger partial charge < -0.3 is 19.5 Å². The van der Waals surface area contributed by atoms with E-state index in [9.17, 15) is 9.59 Å². The molecular weight excluding hydrogens is 612 g/mol. The summed E-state index contributed by atoms with van der Waals surface area (Å²) in [4.78, 5) is 33.1. The highest BCUT2D eigenvalue weighted by Gasteiger charge is 2.32. The molecule has 0 fully saturated rings. The fourth-order valence-corrected chi connectivity index (χ4v) is 6.39.